The maximum absolute atomic E-state index is 12.7. The molecule has 1 aromatic rings. The number of benzene rings is 1. The van der Waals surface area contributed by atoms with Crippen LogP contribution in [0.2, 0.25) is 0 Å². The Hall–Kier alpha value is -1.63. The van der Waals surface area contributed by atoms with E-state index in [2.05, 4.69) is 0 Å². The largest absolute Gasteiger partial charge is 0.493 e. The number of halogens is 1. The smallest absolute Gasteiger partial charge is 0.302 e. The highest BCUT2D eigenvalue weighted by Crippen LogP contribution is 2.32. The average Bonchev–Trinajstić information content (AvgIpc) is 2.92. The van der Waals surface area contributed by atoms with Crippen LogP contribution in [0.15, 0.2) is 18.2 Å². The van der Waals surface area contributed by atoms with Crippen LogP contribution in [-0.4, -0.2) is 33.2 Å². The monoisotopic (exact) mass is 299 g/mol. The van der Waals surface area contributed by atoms with Gasteiger partial charge in [0.15, 0.2) is 0 Å². The van der Waals surface area contributed by atoms with Crippen molar-refractivity contribution in [2.45, 2.75) is 12.8 Å². The maximum Gasteiger partial charge on any atom is 0.302 e. The maximum atomic E-state index is 12.7. The molecule has 1 unspecified atom stereocenters. The third kappa shape index (κ3) is 2.63. The van der Waals surface area contributed by atoms with Crippen molar-refractivity contribution < 1.29 is 21.8 Å². The van der Waals surface area contributed by atoms with Crippen LogP contribution in [0.4, 0.5) is 9.57 Å². The number of amides is 1. The summed E-state index contributed by atoms with van der Waals surface area (Å²) < 4.78 is 39.5. The van der Waals surface area contributed by atoms with Crippen molar-refractivity contribution in [3.63, 3.8) is 0 Å². The van der Waals surface area contributed by atoms with Gasteiger partial charge in [-0.05, 0) is 23.8 Å². The second kappa shape index (κ2) is 4.73. The van der Waals surface area contributed by atoms with E-state index < -0.39 is 21.9 Å². The number of hydrogen-bond acceptors (Lipinski definition) is 4. The number of nitrogens with zero attached hydrogens (tertiary/aromatic N) is 1. The van der Waals surface area contributed by atoms with Crippen molar-refractivity contribution in [1.29, 1.82) is 0 Å². The highest BCUT2D eigenvalue weighted by atomic mass is 32.3. The minimum atomic E-state index is -4.55. The first-order valence-corrected chi connectivity index (χ1v) is 7.96. The van der Waals surface area contributed by atoms with Crippen molar-refractivity contribution >= 4 is 21.8 Å². The van der Waals surface area contributed by atoms with E-state index >= 15 is 0 Å². The summed E-state index contributed by atoms with van der Waals surface area (Å²) in [5.74, 6) is -0.425. The average molecular weight is 299 g/mol. The fourth-order valence-corrected chi connectivity index (χ4v) is 3.55. The molecule has 2 aliphatic heterocycles. The normalized spacial score (nSPS) is 21.9. The van der Waals surface area contributed by atoms with Gasteiger partial charge in [0.2, 0.25) is 5.91 Å². The Morgan fingerprint density at radius 1 is 1.40 bits per heavy atom. The molecule has 0 saturated carbocycles. The summed E-state index contributed by atoms with van der Waals surface area (Å²) in [4.78, 5) is 13.5. The van der Waals surface area contributed by atoms with Crippen molar-refractivity contribution in [2.24, 2.45) is 5.92 Å². The SMILES string of the molecule is O=C1CC(CS(=O)(=O)F)CN1c1ccc2c(c1)CCO2. The predicted octanol–water partition coefficient (Wildman–Crippen LogP) is 1.27. The number of rotatable bonds is 3. The Balaban J connectivity index is 1.79. The summed E-state index contributed by atoms with van der Waals surface area (Å²) >= 11 is 0. The van der Waals surface area contributed by atoms with Gasteiger partial charge in [-0.1, -0.05) is 0 Å². The van der Waals surface area contributed by atoms with Crippen LogP contribution in [0.3, 0.4) is 0 Å². The molecule has 0 N–H and O–H groups in total. The van der Waals surface area contributed by atoms with E-state index in [1.807, 2.05) is 12.1 Å². The minimum Gasteiger partial charge on any atom is -0.493 e. The predicted molar refractivity (Wildman–Crippen MR) is 71.0 cm³/mol. The molecule has 7 heteroatoms. The summed E-state index contributed by atoms with van der Waals surface area (Å²) in [5, 5.41) is 0. The third-order valence-electron chi connectivity index (χ3n) is 3.62. The highest BCUT2D eigenvalue weighted by molar-refractivity contribution is 7.86. The highest BCUT2D eigenvalue weighted by Gasteiger charge is 2.34. The van der Waals surface area contributed by atoms with Gasteiger partial charge in [-0.25, -0.2) is 0 Å². The molecule has 3 rings (SSSR count). The van der Waals surface area contributed by atoms with Crippen molar-refractivity contribution in [3.05, 3.63) is 23.8 Å². The van der Waals surface area contributed by atoms with E-state index in [0.717, 1.165) is 23.4 Å². The lowest BCUT2D eigenvalue weighted by Crippen LogP contribution is -2.25. The van der Waals surface area contributed by atoms with Crippen LogP contribution in [0, 0.1) is 5.92 Å². The lowest BCUT2D eigenvalue weighted by Gasteiger charge is -2.17. The van der Waals surface area contributed by atoms with E-state index in [0.29, 0.717) is 6.61 Å². The number of anilines is 1. The van der Waals surface area contributed by atoms with Gasteiger partial charge in [0.1, 0.15) is 5.75 Å². The van der Waals surface area contributed by atoms with Crippen LogP contribution in [-0.2, 0) is 21.4 Å². The number of carbonyl (C=O) groups excluding carboxylic acids is 1. The molecule has 108 valence electrons. The van der Waals surface area contributed by atoms with Crippen LogP contribution >= 0.6 is 0 Å². The molecule has 1 fully saturated rings. The quantitative estimate of drug-likeness (QED) is 0.789. The van der Waals surface area contributed by atoms with Gasteiger partial charge in [0, 0.05) is 31.0 Å². The molecule has 1 aromatic carbocycles. The van der Waals surface area contributed by atoms with E-state index in [1.54, 1.807) is 6.07 Å². The standard InChI is InChI=1S/C13H14FNO4S/c14-20(17,18)8-9-5-13(16)15(7-9)11-1-2-12-10(6-11)3-4-19-12/h1-2,6,9H,3-5,7-8H2. The zero-order valence-electron chi connectivity index (χ0n) is 10.7. The Bertz CT molecular complexity index is 658. The number of carbonyl (C=O) groups is 1. The van der Waals surface area contributed by atoms with E-state index in [9.17, 15) is 17.1 Å². The second-order valence-electron chi connectivity index (χ2n) is 5.17. The fourth-order valence-electron chi connectivity index (χ4n) is 2.77. The molecule has 0 radical (unpaired) electrons. The van der Waals surface area contributed by atoms with Gasteiger partial charge in [0.25, 0.3) is 0 Å². The summed E-state index contributed by atoms with van der Waals surface area (Å²) in [6.07, 6.45) is 0.865. The molecule has 20 heavy (non-hydrogen) atoms. The molecule has 2 heterocycles. The summed E-state index contributed by atoms with van der Waals surface area (Å²) in [6, 6.07) is 5.46. The Morgan fingerprint density at radius 3 is 2.95 bits per heavy atom. The van der Waals surface area contributed by atoms with Crippen molar-refractivity contribution in [3.8, 4) is 5.75 Å². The van der Waals surface area contributed by atoms with Gasteiger partial charge in [0.05, 0.1) is 12.4 Å². The van der Waals surface area contributed by atoms with E-state index in [-0.39, 0.29) is 18.9 Å². The third-order valence-corrected chi connectivity index (χ3v) is 4.49. The van der Waals surface area contributed by atoms with Crippen molar-refractivity contribution in [2.75, 3.05) is 23.8 Å². The summed E-state index contributed by atoms with van der Waals surface area (Å²) in [5.41, 5.74) is 1.76. The van der Waals surface area contributed by atoms with E-state index in [4.69, 9.17) is 4.74 Å². The van der Waals surface area contributed by atoms with Gasteiger partial charge in [-0.3, -0.25) is 4.79 Å². The molecule has 1 atom stereocenters. The van der Waals surface area contributed by atoms with Crippen molar-refractivity contribution in [1.82, 2.24) is 0 Å². The molecule has 5 nitrogen and oxygen atoms in total. The van der Waals surface area contributed by atoms with Crippen LogP contribution in [0.5, 0.6) is 5.75 Å². The van der Waals surface area contributed by atoms with Crippen LogP contribution < -0.4 is 9.64 Å². The molecular weight excluding hydrogens is 285 g/mol. The molecular formula is C13H14FNO4S. The first-order valence-electron chi connectivity index (χ1n) is 6.41. The molecule has 0 aliphatic carbocycles. The lowest BCUT2D eigenvalue weighted by atomic mass is 10.1. The molecule has 1 amide bonds. The number of hydrogen-bond donors (Lipinski definition) is 0. The number of ether oxygens (including phenoxy) is 1. The summed E-state index contributed by atoms with van der Waals surface area (Å²) in [7, 11) is -4.55. The first kappa shape index (κ1) is 13.4. The Morgan fingerprint density at radius 2 is 2.20 bits per heavy atom. The zero-order chi connectivity index (χ0) is 14.3. The summed E-state index contributed by atoms with van der Waals surface area (Å²) in [6.45, 7) is 0.872. The first-order chi connectivity index (χ1) is 9.42. The van der Waals surface area contributed by atoms with E-state index in [1.165, 1.54) is 4.90 Å². The fraction of sp³-hybridized carbons (Fsp3) is 0.462. The molecule has 0 spiro atoms. The lowest BCUT2D eigenvalue weighted by molar-refractivity contribution is -0.117. The zero-order valence-corrected chi connectivity index (χ0v) is 11.5. The van der Waals surface area contributed by atoms with Crippen LogP contribution in [0.1, 0.15) is 12.0 Å². The Kier molecular flexibility index (Phi) is 3.16. The second-order valence-corrected chi connectivity index (χ2v) is 6.58. The molecule has 0 bridgehead atoms. The minimum absolute atomic E-state index is 0.0662. The van der Waals surface area contributed by atoms with Crippen LogP contribution in [0.25, 0.3) is 0 Å². The van der Waals surface area contributed by atoms with Gasteiger partial charge in [-0.15, -0.1) is 3.89 Å². The molecule has 2 aliphatic rings. The topological polar surface area (TPSA) is 63.7 Å². The molecule has 0 aromatic heterocycles. The van der Waals surface area contributed by atoms with Gasteiger partial charge in [-0.2, -0.15) is 8.42 Å². The van der Waals surface area contributed by atoms with Gasteiger partial charge >= 0.3 is 10.2 Å². The number of fused-ring (bicyclic) bond motifs is 1. The Labute approximate surface area is 116 Å². The molecule has 1 saturated heterocycles. The van der Waals surface area contributed by atoms with Gasteiger partial charge < -0.3 is 9.64 Å².